The fraction of sp³-hybridized carbons (Fsp3) is 0.242. The molecule has 46 heavy (non-hydrogen) atoms. The Bertz CT molecular complexity index is 1930. The summed E-state index contributed by atoms with van der Waals surface area (Å²) in [6.07, 6.45) is 1.50. The van der Waals surface area contributed by atoms with Crippen molar-refractivity contribution < 1.29 is 38.6 Å². The van der Waals surface area contributed by atoms with Crippen LogP contribution in [-0.4, -0.2) is 49.6 Å². The lowest BCUT2D eigenvalue weighted by Crippen LogP contribution is -2.60. The minimum Gasteiger partial charge on any atom is -0.508 e. The topological polar surface area (TPSA) is 132 Å². The van der Waals surface area contributed by atoms with Crippen molar-refractivity contribution in [2.24, 2.45) is 17.8 Å². The average Bonchev–Trinajstić information content (AvgIpc) is 3.36. The van der Waals surface area contributed by atoms with Gasteiger partial charge in [-0.25, -0.2) is 14.1 Å². The number of carbonyl (C=O) groups is 5. The number of rotatable bonds is 4. The van der Waals surface area contributed by atoms with Crippen LogP contribution in [0.25, 0.3) is 0 Å². The predicted octanol–water partition coefficient (Wildman–Crippen LogP) is 5.65. The zero-order valence-corrected chi connectivity index (χ0v) is 25.8. The molecule has 4 aliphatic rings. The van der Waals surface area contributed by atoms with Gasteiger partial charge in [0.1, 0.15) is 11.6 Å². The van der Waals surface area contributed by atoms with Crippen LogP contribution >= 0.6 is 34.8 Å². The van der Waals surface area contributed by atoms with Gasteiger partial charge < -0.3 is 10.2 Å². The molecule has 2 saturated heterocycles. The summed E-state index contributed by atoms with van der Waals surface area (Å²) in [5, 5.41) is 19.6. The van der Waals surface area contributed by atoms with E-state index in [2.05, 4.69) is 0 Å². The summed E-state index contributed by atoms with van der Waals surface area (Å²) in [5.74, 6) is -8.87. The molecule has 7 rings (SSSR count). The van der Waals surface area contributed by atoms with E-state index in [-0.39, 0.29) is 46.1 Å². The predicted molar refractivity (Wildman–Crippen MR) is 166 cm³/mol. The second-order valence-electron chi connectivity index (χ2n) is 11.8. The van der Waals surface area contributed by atoms with E-state index in [1.54, 1.807) is 6.08 Å². The number of amides is 4. The molecule has 0 radical (unpaired) electrons. The molecule has 2 heterocycles. The number of benzene rings is 3. The average molecular weight is 684 g/mol. The van der Waals surface area contributed by atoms with Crippen molar-refractivity contribution in [3.63, 3.8) is 0 Å². The highest BCUT2D eigenvalue weighted by Crippen LogP contribution is 2.66. The number of nitrogens with zero attached hydrogens (tertiary/aromatic N) is 2. The summed E-state index contributed by atoms with van der Waals surface area (Å²) >= 11 is 21.2. The largest absolute Gasteiger partial charge is 0.508 e. The van der Waals surface area contributed by atoms with E-state index in [4.69, 9.17) is 34.8 Å². The van der Waals surface area contributed by atoms with E-state index in [1.165, 1.54) is 54.6 Å². The minimum absolute atomic E-state index is 0.0223. The van der Waals surface area contributed by atoms with Gasteiger partial charge in [-0.3, -0.25) is 24.1 Å². The van der Waals surface area contributed by atoms with E-state index in [9.17, 15) is 38.6 Å². The Morgan fingerprint density at radius 3 is 2.26 bits per heavy atom. The quantitative estimate of drug-likeness (QED) is 0.206. The van der Waals surface area contributed by atoms with Gasteiger partial charge in [0.25, 0.3) is 11.8 Å². The van der Waals surface area contributed by atoms with Crippen LogP contribution in [0.1, 0.15) is 34.7 Å². The number of fused-ring (bicyclic) bond motifs is 4. The van der Waals surface area contributed by atoms with Gasteiger partial charge in [0.2, 0.25) is 11.8 Å². The highest BCUT2D eigenvalue weighted by atomic mass is 35.5. The molecule has 13 heteroatoms. The summed E-state index contributed by atoms with van der Waals surface area (Å²) in [5.41, 5.74) is 0.742. The van der Waals surface area contributed by atoms with Crippen LogP contribution in [0.5, 0.6) is 5.75 Å². The lowest BCUT2D eigenvalue weighted by Gasteiger charge is -2.50. The van der Waals surface area contributed by atoms with Crippen LogP contribution < -0.4 is 9.80 Å². The molecule has 0 unspecified atom stereocenters. The lowest BCUT2D eigenvalue weighted by molar-refractivity contribution is -0.125. The van der Waals surface area contributed by atoms with Crippen molar-refractivity contribution in [1.29, 1.82) is 0 Å². The van der Waals surface area contributed by atoms with Crippen LogP contribution in [-0.2, 0) is 19.2 Å². The zero-order valence-electron chi connectivity index (χ0n) is 23.5. The fourth-order valence-corrected chi connectivity index (χ4v) is 8.74. The van der Waals surface area contributed by atoms with Gasteiger partial charge in [-0.15, -0.1) is 23.2 Å². The van der Waals surface area contributed by atoms with Crippen LogP contribution in [0, 0.1) is 23.6 Å². The van der Waals surface area contributed by atoms with Gasteiger partial charge in [0.15, 0.2) is 9.75 Å². The molecule has 2 aliphatic heterocycles. The first-order valence-electron chi connectivity index (χ1n) is 14.2. The molecular formula is C33H22Cl3FN2O7. The number of hydrogen-bond donors (Lipinski definition) is 2. The molecule has 3 fully saturated rings. The first-order chi connectivity index (χ1) is 21.8. The highest BCUT2D eigenvalue weighted by molar-refractivity contribution is 6.58. The fourth-order valence-electron chi connectivity index (χ4n) is 7.53. The molecule has 2 aliphatic carbocycles. The molecule has 2 N–H and O–H groups in total. The van der Waals surface area contributed by atoms with Gasteiger partial charge in [-0.05, 0) is 78.9 Å². The first kappa shape index (κ1) is 30.4. The smallest absolute Gasteiger partial charge is 0.335 e. The van der Waals surface area contributed by atoms with Crippen LogP contribution in [0.4, 0.5) is 15.8 Å². The molecule has 3 aromatic rings. The van der Waals surface area contributed by atoms with Crippen molar-refractivity contribution in [1.82, 2.24) is 0 Å². The molecule has 0 bridgehead atoms. The number of carbonyl (C=O) groups excluding carboxylic acids is 4. The van der Waals surface area contributed by atoms with Crippen molar-refractivity contribution >= 4 is 75.8 Å². The first-order valence-corrected chi connectivity index (χ1v) is 15.3. The monoisotopic (exact) mass is 682 g/mol. The normalized spacial score (nSPS) is 30.2. The molecule has 3 aromatic carbocycles. The number of halogens is 4. The number of aromatic carboxylic acids is 1. The van der Waals surface area contributed by atoms with E-state index < -0.39 is 68.8 Å². The number of aromatic hydroxyl groups is 1. The Hall–Kier alpha value is -4.25. The maximum atomic E-state index is 14.4. The summed E-state index contributed by atoms with van der Waals surface area (Å²) in [4.78, 5) is 65.6. The van der Waals surface area contributed by atoms with Crippen molar-refractivity contribution in [2.75, 3.05) is 9.80 Å². The van der Waals surface area contributed by atoms with E-state index >= 15 is 0 Å². The van der Waals surface area contributed by atoms with Gasteiger partial charge >= 0.3 is 5.97 Å². The summed E-state index contributed by atoms with van der Waals surface area (Å²) in [6, 6.07) is 14.2. The molecular weight excluding hydrogens is 662 g/mol. The van der Waals surface area contributed by atoms with Crippen LogP contribution in [0.2, 0.25) is 5.02 Å². The van der Waals surface area contributed by atoms with Crippen LogP contribution in [0.15, 0.2) is 78.4 Å². The highest BCUT2D eigenvalue weighted by Gasteiger charge is 2.76. The third kappa shape index (κ3) is 4.03. The summed E-state index contributed by atoms with van der Waals surface area (Å²) in [6.45, 7) is 0. The molecule has 9 nitrogen and oxygen atoms in total. The molecule has 6 atom stereocenters. The van der Waals surface area contributed by atoms with Crippen molar-refractivity contribution in [3.8, 4) is 5.75 Å². The summed E-state index contributed by atoms with van der Waals surface area (Å²) < 4.78 is 13.8. The number of allylic oxidation sites excluding steroid dienone is 2. The van der Waals surface area contributed by atoms with Crippen molar-refractivity contribution in [2.45, 2.75) is 28.5 Å². The van der Waals surface area contributed by atoms with Crippen LogP contribution in [0.3, 0.4) is 0 Å². The van der Waals surface area contributed by atoms with E-state index in [0.29, 0.717) is 5.57 Å². The number of carboxylic acid groups (broad SMARTS) is 1. The Morgan fingerprint density at radius 2 is 1.59 bits per heavy atom. The zero-order chi connectivity index (χ0) is 32.9. The van der Waals surface area contributed by atoms with E-state index in [1.807, 2.05) is 0 Å². The number of phenolic OH excluding ortho intramolecular Hbond substituents is 1. The van der Waals surface area contributed by atoms with Gasteiger partial charge in [0, 0.05) is 10.9 Å². The Balaban J connectivity index is 1.39. The number of hydrogen-bond acceptors (Lipinski definition) is 6. The second kappa shape index (κ2) is 10.4. The van der Waals surface area contributed by atoms with Crippen molar-refractivity contribution in [3.05, 3.63) is 100 Å². The molecule has 4 amide bonds. The molecule has 0 aromatic heterocycles. The Morgan fingerprint density at radius 1 is 0.870 bits per heavy atom. The van der Waals surface area contributed by atoms with E-state index in [0.717, 1.165) is 21.9 Å². The Kier molecular flexibility index (Phi) is 6.86. The maximum absolute atomic E-state index is 14.4. The summed E-state index contributed by atoms with van der Waals surface area (Å²) in [7, 11) is 0. The molecule has 1 saturated carbocycles. The number of alkyl halides is 2. The minimum atomic E-state index is -2.18. The Labute approximate surface area is 275 Å². The number of imide groups is 2. The lowest BCUT2D eigenvalue weighted by atomic mass is 9.56. The molecule has 234 valence electrons. The standard InChI is InChI=1S/C33H22Cl3FN2O7/c34-24-13-19(40)8-9-21(24)26-20-10-11-22-25(28(42)38(27(22)41)18-3-1-2-15(12-18)29(43)44)23(20)14-32(35)30(45)39(31(46)33(26,32)36)17-6-4-16(37)5-7-17/h1-10,12-13,22-23,25-26,40H,11,14H2,(H,43,44)/t22-,23+,25-,26+,32+,33-/m0/s1. The third-order valence-electron chi connectivity index (χ3n) is 9.54. The number of carboxylic acids is 1. The molecule has 0 spiro atoms. The van der Waals surface area contributed by atoms with Gasteiger partial charge in [-0.2, -0.15) is 0 Å². The second-order valence-corrected chi connectivity index (χ2v) is 13.5. The van der Waals surface area contributed by atoms with Gasteiger partial charge in [-0.1, -0.05) is 35.4 Å². The number of phenols is 1. The SMILES string of the molecule is O=C(O)c1cccc(N2C(=O)[C@H]3[C@H](CC=C4[C@H]3C[C@@]3(Cl)C(=O)N(c5ccc(F)cc5)C(=O)[C@@]3(Cl)[C@H]4c3ccc(O)cc3Cl)C2=O)c1. The third-order valence-corrected chi connectivity index (χ3v) is 11.3. The number of anilines is 2. The van der Waals surface area contributed by atoms with Gasteiger partial charge in [0.05, 0.1) is 28.8 Å². The maximum Gasteiger partial charge on any atom is 0.335 e.